The fourth-order valence-electron chi connectivity index (χ4n) is 3.17. The number of hydrogen-bond acceptors (Lipinski definition) is 5. The summed E-state index contributed by atoms with van der Waals surface area (Å²) in [5.41, 5.74) is 0.485. The van der Waals surface area contributed by atoms with E-state index in [4.69, 9.17) is 0 Å². The highest BCUT2D eigenvalue weighted by molar-refractivity contribution is 7.99. The molecule has 10 heteroatoms. The number of fused-ring (bicyclic) bond motifs is 1. The van der Waals surface area contributed by atoms with E-state index in [1.807, 2.05) is 19.1 Å². The van der Waals surface area contributed by atoms with E-state index in [2.05, 4.69) is 10.3 Å². The van der Waals surface area contributed by atoms with Crippen molar-refractivity contribution in [3.8, 4) is 5.69 Å². The molecule has 0 spiro atoms. The molecule has 0 saturated heterocycles. The number of thioether (sulfide) groups is 1. The van der Waals surface area contributed by atoms with E-state index in [0.29, 0.717) is 15.9 Å². The first-order chi connectivity index (χ1) is 15.3. The van der Waals surface area contributed by atoms with Crippen molar-refractivity contribution in [1.29, 1.82) is 0 Å². The van der Waals surface area contributed by atoms with Crippen molar-refractivity contribution < 1.29 is 18.0 Å². The van der Waals surface area contributed by atoms with E-state index in [1.165, 1.54) is 34.1 Å². The normalized spacial score (nSPS) is 11.6. The van der Waals surface area contributed by atoms with Gasteiger partial charge in [0.05, 0.1) is 28.2 Å². The van der Waals surface area contributed by atoms with Crippen molar-refractivity contribution >= 4 is 44.9 Å². The second kappa shape index (κ2) is 8.79. The molecule has 1 N–H and O–H groups in total. The molecule has 164 valence electrons. The smallest absolute Gasteiger partial charge is 0.325 e. The largest absolute Gasteiger partial charge is 0.418 e. The Morgan fingerprint density at radius 1 is 1.12 bits per heavy atom. The third-order valence-corrected chi connectivity index (χ3v) is 6.47. The molecule has 0 aliphatic heterocycles. The fourth-order valence-corrected chi connectivity index (χ4v) is 4.74. The predicted octanol–water partition coefficient (Wildman–Crippen LogP) is 5.51. The van der Waals surface area contributed by atoms with Gasteiger partial charge in [0.2, 0.25) is 5.91 Å². The quantitative estimate of drug-likeness (QED) is 0.306. The third-order valence-electron chi connectivity index (χ3n) is 4.64. The summed E-state index contributed by atoms with van der Waals surface area (Å²) >= 11 is 2.26. The topological polar surface area (TPSA) is 64.0 Å². The van der Waals surface area contributed by atoms with E-state index in [-0.39, 0.29) is 22.2 Å². The molecule has 0 radical (unpaired) electrons. The Labute approximate surface area is 188 Å². The van der Waals surface area contributed by atoms with E-state index >= 15 is 0 Å². The molecule has 2 aromatic heterocycles. The number of rotatable bonds is 5. The molecule has 2 aromatic carbocycles. The summed E-state index contributed by atoms with van der Waals surface area (Å²) in [6.45, 7) is 1.86. The second-order valence-electron chi connectivity index (χ2n) is 6.84. The van der Waals surface area contributed by atoms with E-state index in [1.54, 1.807) is 23.6 Å². The molecule has 1 amide bonds. The third kappa shape index (κ3) is 4.42. The van der Waals surface area contributed by atoms with Gasteiger partial charge >= 0.3 is 6.18 Å². The molecule has 5 nitrogen and oxygen atoms in total. The van der Waals surface area contributed by atoms with Crippen LogP contribution in [0.15, 0.2) is 69.9 Å². The number of alkyl halides is 3. The Morgan fingerprint density at radius 3 is 2.59 bits per heavy atom. The van der Waals surface area contributed by atoms with Crippen molar-refractivity contribution in [2.24, 2.45) is 0 Å². The molecule has 0 saturated carbocycles. The van der Waals surface area contributed by atoms with Crippen molar-refractivity contribution in [1.82, 2.24) is 9.55 Å². The van der Waals surface area contributed by atoms with Gasteiger partial charge in [-0.05, 0) is 42.1 Å². The Bertz CT molecular complexity index is 1360. The highest BCUT2D eigenvalue weighted by Crippen LogP contribution is 2.34. The van der Waals surface area contributed by atoms with Gasteiger partial charge in [-0.2, -0.15) is 13.2 Å². The maximum absolute atomic E-state index is 13.2. The Balaban J connectivity index is 1.64. The number of thiophene rings is 1. The Kier molecular flexibility index (Phi) is 6.07. The average Bonchev–Trinajstić information content (AvgIpc) is 3.22. The van der Waals surface area contributed by atoms with Crippen LogP contribution < -0.4 is 10.9 Å². The van der Waals surface area contributed by atoms with Crippen molar-refractivity contribution in [2.75, 3.05) is 11.1 Å². The molecule has 32 heavy (non-hydrogen) atoms. The van der Waals surface area contributed by atoms with Gasteiger partial charge in [-0.3, -0.25) is 14.2 Å². The lowest BCUT2D eigenvalue weighted by Gasteiger charge is -2.15. The van der Waals surface area contributed by atoms with Gasteiger partial charge in [-0.25, -0.2) is 4.98 Å². The minimum absolute atomic E-state index is 0.222. The molecule has 2 heterocycles. The highest BCUT2D eigenvalue weighted by Gasteiger charge is 2.33. The van der Waals surface area contributed by atoms with Gasteiger partial charge in [0.1, 0.15) is 4.70 Å². The zero-order chi connectivity index (χ0) is 22.9. The van der Waals surface area contributed by atoms with Crippen molar-refractivity contribution in [2.45, 2.75) is 18.3 Å². The van der Waals surface area contributed by atoms with Crippen LogP contribution in [0, 0.1) is 6.92 Å². The zero-order valence-electron chi connectivity index (χ0n) is 16.6. The summed E-state index contributed by atoms with van der Waals surface area (Å²) in [4.78, 5) is 30.1. The fraction of sp³-hybridized carbons (Fsp3) is 0.136. The highest BCUT2D eigenvalue weighted by atomic mass is 32.2. The lowest BCUT2D eigenvalue weighted by Crippen LogP contribution is -2.23. The number of anilines is 1. The van der Waals surface area contributed by atoms with Crippen LogP contribution in [0.25, 0.3) is 15.9 Å². The van der Waals surface area contributed by atoms with Gasteiger partial charge in [0.25, 0.3) is 5.56 Å². The summed E-state index contributed by atoms with van der Waals surface area (Å²) < 4.78 is 41.5. The van der Waals surface area contributed by atoms with Crippen LogP contribution in [0.4, 0.5) is 18.9 Å². The van der Waals surface area contributed by atoms with Crippen LogP contribution in [0.1, 0.15) is 11.1 Å². The molecule has 0 aliphatic carbocycles. The Hall–Kier alpha value is -3.11. The van der Waals surface area contributed by atoms with Crippen LogP contribution in [0.5, 0.6) is 0 Å². The first kappa shape index (κ1) is 22.1. The van der Waals surface area contributed by atoms with Crippen molar-refractivity contribution in [3.63, 3.8) is 0 Å². The molecule has 0 unspecified atom stereocenters. The summed E-state index contributed by atoms with van der Waals surface area (Å²) in [7, 11) is 0. The zero-order valence-corrected chi connectivity index (χ0v) is 18.3. The minimum atomic E-state index is -4.59. The standard InChI is InChI=1S/C22H16F3N3O2S2/c1-13-6-2-5-9-17(13)28-20(30)19-16(10-11-31-19)27-21(28)32-12-18(29)26-15-8-4-3-7-14(15)22(23,24)25/h2-11H,12H2,1H3,(H,26,29). The van der Waals surface area contributed by atoms with Crippen LogP contribution in [-0.4, -0.2) is 21.2 Å². The summed E-state index contributed by atoms with van der Waals surface area (Å²) in [5, 5.41) is 4.36. The first-order valence-corrected chi connectivity index (χ1v) is 11.3. The molecular weight excluding hydrogens is 459 g/mol. The molecule has 4 rings (SSSR count). The van der Waals surface area contributed by atoms with E-state index < -0.39 is 17.6 Å². The van der Waals surface area contributed by atoms with Gasteiger partial charge in [-0.1, -0.05) is 42.1 Å². The monoisotopic (exact) mass is 475 g/mol. The number of aryl methyl sites for hydroxylation is 1. The number of hydrogen-bond donors (Lipinski definition) is 1. The summed E-state index contributed by atoms with van der Waals surface area (Å²) in [6, 6.07) is 13.8. The van der Waals surface area contributed by atoms with Crippen molar-refractivity contribution in [3.05, 3.63) is 81.5 Å². The molecule has 0 fully saturated rings. The van der Waals surface area contributed by atoms with E-state index in [9.17, 15) is 22.8 Å². The molecule has 0 aliphatic rings. The van der Waals surface area contributed by atoms with Crippen LogP contribution >= 0.6 is 23.1 Å². The predicted molar refractivity (Wildman–Crippen MR) is 121 cm³/mol. The number of aromatic nitrogens is 2. The van der Waals surface area contributed by atoms with Crippen LogP contribution in [-0.2, 0) is 11.0 Å². The number of carbonyl (C=O) groups is 1. The lowest BCUT2D eigenvalue weighted by atomic mass is 10.1. The van der Waals surface area contributed by atoms with E-state index in [0.717, 1.165) is 23.4 Å². The number of para-hydroxylation sites is 2. The maximum Gasteiger partial charge on any atom is 0.418 e. The van der Waals surface area contributed by atoms with Gasteiger partial charge in [-0.15, -0.1) is 11.3 Å². The van der Waals surface area contributed by atoms with Gasteiger partial charge in [0.15, 0.2) is 5.16 Å². The summed E-state index contributed by atoms with van der Waals surface area (Å²) in [5.74, 6) is -0.858. The average molecular weight is 476 g/mol. The molecule has 0 bridgehead atoms. The molecule has 4 aromatic rings. The van der Waals surface area contributed by atoms with Crippen LogP contribution in [0.3, 0.4) is 0 Å². The second-order valence-corrected chi connectivity index (χ2v) is 8.70. The maximum atomic E-state index is 13.2. The number of nitrogens with one attached hydrogen (secondary N) is 1. The van der Waals surface area contributed by atoms with Gasteiger partial charge < -0.3 is 5.32 Å². The minimum Gasteiger partial charge on any atom is -0.325 e. The molecular formula is C22H16F3N3O2S2. The number of benzene rings is 2. The molecule has 0 atom stereocenters. The van der Waals surface area contributed by atoms with Gasteiger partial charge in [0, 0.05) is 0 Å². The first-order valence-electron chi connectivity index (χ1n) is 9.41. The summed E-state index contributed by atoms with van der Waals surface area (Å²) in [6.07, 6.45) is -4.59. The Morgan fingerprint density at radius 2 is 1.84 bits per heavy atom. The number of halogens is 3. The lowest BCUT2D eigenvalue weighted by molar-refractivity contribution is -0.137. The SMILES string of the molecule is Cc1ccccc1-n1c(SCC(=O)Nc2ccccc2C(F)(F)F)nc2ccsc2c1=O. The number of carbonyl (C=O) groups excluding carboxylic acids is 1. The number of nitrogens with zero attached hydrogens (tertiary/aromatic N) is 2. The van der Waals surface area contributed by atoms with Crippen LogP contribution in [0.2, 0.25) is 0 Å². The number of amides is 1.